The van der Waals surface area contributed by atoms with E-state index in [0.29, 0.717) is 11.4 Å². The summed E-state index contributed by atoms with van der Waals surface area (Å²) in [7, 11) is 0. The van der Waals surface area contributed by atoms with Gasteiger partial charge >= 0.3 is 11.8 Å². The minimum atomic E-state index is -1.01. The molecule has 2 aromatic carbocycles. The maximum atomic E-state index is 11.9. The number of nitro groups is 1. The van der Waals surface area contributed by atoms with Crippen molar-refractivity contribution in [2.45, 2.75) is 6.92 Å². The molecule has 0 atom stereocenters. The van der Waals surface area contributed by atoms with Crippen molar-refractivity contribution in [2.75, 3.05) is 16.0 Å². The molecule has 26 heavy (non-hydrogen) atoms. The van der Waals surface area contributed by atoms with Crippen LogP contribution < -0.4 is 16.0 Å². The minimum Gasteiger partial charge on any atom is -0.326 e. The molecule has 3 N–H and O–H groups in total. The lowest BCUT2D eigenvalue weighted by Gasteiger charge is -2.08. The van der Waals surface area contributed by atoms with Gasteiger partial charge in [0.05, 0.1) is 4.92 Å². The van der Waals surface area contributed by atoms with Crippen molar-refractivity contribution in [2.24, 2.45) is 0 Å². The van der Waals surface area contributed by atoms with E-state index in [2.05, 4.69) is 16.0 Å². The van der Waals surface area contributed by atoms with E-state index in [9.17, 15) is 24.5 Å². The predicted octanol–water partition coefficient (Wildman–Crippen LogP) is 2.78. The molecule has 0 aliphatic heterocycles. The average Bonchev–Trinajstić information content (AvgIpc) is 2.57. The summed E-state index contributed by atoms with van der Waals surface area (Å²) >= 11 is 5.68. The maximum Gasteiger partial charge on any atom is 0.314 e. The number of anilines is 3. The Bertz CT molecular complexity index is 883. The number of nitrogens with one attached hydrogen (secondary N) is 3. The molecule has 2 aromatic rings. The van der Waals surface area contributed by atoms with Crippen molar-refractivity contribution >= 4 is 52.1 Å². The van der Waals surface area contributed by atoms with E-state index in [1.165, 1.54) is 31.2 Å². The molecule has 0 spiro atoms. The van der Waals surface area contributed by atoms with E-state index < -0.39 is 22.4 Å². The van der Waals surface area contributed by atoms with Gasteiger partial charge in [0.2, 0.25) is 5.91 Å². The van der Waals surface area contributed by atoms with Gasteiger partial charge in [0.1, 0.15) is 5.02 Å². The van der Waals surface area contributed by atoms with Crippen LogP contribution in [0.15, 0.2) is 42.5 Å². The second kappa shape index (κ2) is 8.08. The summed E-state index contributed by atoms with van der Waals surface area (Å²) in [5.41, 5.74) is 0.537. The second-order valence-electron chi connectivity index (χ2n) is 5.09. The third-order valence-electron chi connectivity index (χ3n) is 3.07. The normalized spacial score (nSPS) is 9.92. The molecule has 0 heterocycles. The number of amides is 3. The monoisotopic (exact) mass is 376 g/mol. The fourth-order valence-corrected chi connectivity index (χ4v) is 2.13. The molecule has 0 bridgehead atoms. The van der Waals surface area contributed by atoms with Crippen LogP contribution in [0.2, 0.25) is 5.02 Å². The first-order chi connectivity index (χ1) is 12.3. The fraction of sp³-hybridized carbons (Fsp3) is 0.0625. The Labute approximate surface area is 152 Å². The lowest BCUT2D eigenvalue weighted by atomic mass is 10.2. The molecule has 0 saturated carbocycles. The highest BCUT2D eigenvalue weighted by molar-refractivity contribution is 6.43. The number of hydrogen-bond donors (Lipinski definition) is 3. The molecule has 9 nitrogen and oxygen atoms in total. The summed E-state index contributed by atoms with van der Waals surface area (Å²) in [4.78, 5) is 44.9. The summed E-state index contributed by atoms with van der Waals surface area (Å²) in [5.74, 6) is -2.21. The summed E-state index contributed by atoms with van der Waals surface area (Å²) in [6.45, 7) is 1.36. The SMILES string of the molecule is CC(=O)Nc1ccc(NC(=O)C(=O)Nc2ccc(Cl)c([N+](=O)[O-])c2)cc1. The van der Waals surface area contributed by atoms with Crippen molar-refractivity contribution in [3.63, 3.8) is 0 Å². The van der Waals surface area contributed by atoms with Crippen LogP contribution in [0, 0.1) is 10.1 Å². The van der Waals surface area contributed by atoms with E-state index in [-0.39, 0.29) is 16.6 Å². The minimum absolute atomic E-state index is 0.0576. The zero-order chi connectivity index (χ0) is 19.3. The fourth-order valence-electron chi connectivity index (χ4n) is 1.95. The van der Waals surface area contributed by atoms with Gasteiger partial charge in [-0.15, -0.1) is 0 Å². The van der Waals surface area contributed by atoms with Crippen LogP contribution in [0.5, 0.6) is 0 Å². The molecule has 0 saturated heterocycles. The largest absolute Gasteiger partial charge is 0.326 e. The number of halogens is 1. The van der Waals surface area contributed by atoms with E-state index in [0.717, 1.165) is 6.07 Å². The average molecular weight is 377 g/mol. The Morgan fingerprint density at radius 1 is 0.885 bits per heavy atom. The Hall–Kier alpha value is -3.46. The first-order valence-electron chi connectivity index (χ1n) is 7.20. The molecule has 0 unspecified atom stereocenters. The Morgan fingerprint density at radius 2 is 1.35 bits per heavy atom. The van der Waals surface area contributed by atoms with Gasteiger partial charge in [0, 0.05) is 30.1 Å². The summed E-state index contributed by atoms with van der Waals surface area (Å²) < 4.78 is 0. The number of hydrogen-bond acceptors (Lipinski definition) is 5. The first kappa shape index (κ1) is 18.9. The van der Waals surface area contributed by atoms with Crippen LogP contribution in [-0.2, 0) is 14.4 Å². The zero-order valence-corrected chi connectivity index (χ0v) is 14.2. The van der Waals surface area contributed by atoms with E-state index in [1.54, 1.807) is 12.1 Å². The van der Waals surface area contributed by atoms with Crippen LogP contribution >= 0.6 is 11.6 Å². The van der Waals surface area contributed by atoms with Gasteiger partial charge in [-0.3, -0.25) is 24.5 Å². The zero-order valence-electron chi connectivity index (χ0n) is 13.4. The van der Waals surface area contributed by atoms with Crippen molar-refractivity contribution in [1.82, 2.24) is 0 Å². The van der Waals surface area contributed by atoms with Gasteiger partial charge in [0.25, 0.3) is 5.69 Å². The molecule has 3 amide bonds. The third kappa shape index (κ3) is 5.02. The van der Waals surface area contributed by atoms with Crippen molar-refractivity contribution in [1.29, 1.82) is 0 Å². The lowest BCUT2D eigenvalue weighted by molar-refractivity contribution is -0.384. The topological polar surface area (TPSA) is 130 Å². The third-order valence-corrected chi connectivity index (χ3v) is 3.39. The van der Waals surface area contributed by atoms with Gasteiger partial charge < -0.3 is 16.0 Å². The molecule has 0 fully saturated rings. The molecule has 2 rings (SSSR count). The molecule has 10 heteroatoms. The summed E-state index contributed by atoms with van der Waals surface area (Å²) in [6, 6.07) is 9.74. The van der Waals surface area contributed by atoms with Crippen LogP contribution in [-0.4, -0.2) is 22.6 Å². The highest BCUT2D eigenvalue weighted by Gasteiger charge is 2.17. The van der Waals surface area contributed by atoms with Crippen LogP contribution in [0.3, 0.4) is 0 Å². The Balaban J connectivity index is 2.01. The highest BCUT2D eigenvalue weighted by atomic mass is 35.5. The quantitative estimate of drug-likeness (QED) is 0.429. The van der Waals surface area contributed by atoms with Crippen LogP contribution in [0.4, 0.5) is 22.7 Å². The number of benzene rings is 2. The van der Waals surface area contributed by atoms with Crippen LogP contribution in [0.1, 0.15) is 6.92 Å². The predicted molar refractivity (Wildman–Crippen MR) is 96.1 cm³/mol. The molecule has 0 aromatic heterocycles. The van der Waals surface area contributed by atoms with E-state index in [4.69, 9.17) is 11.6 Å². The van der Waals surface area contributed by atoms with Gasteiger partial charge in [-0.2, -0.15) is 0 Å². The lowest BCUT2D eigenvalue weighted by Crippen LogP contribution is -2.29. The molecule has 134 valence electrons. The number of rotatable bonds is 4. The van der Waals surface area contributed by atoms with E-state index in [1.807, 2.05) is 0 Å². The molecule has 0 aliphatic rings. The number of carbonyl (C=O) groups is 3. The van der Waals surface area contributed by atoms with E-state index >= 15 is 0 Å². The smallest absolute Gasteiger partial charge is 0.314 e. The van der Waals surface area contributed by atoms with Gasteiger partial charge in [-0.05, 0) is 36.4 Å². The summed E-state index contributed by atoms with van der Waals surface area (Å²) in [5, 5.41) is 17.9. The Morgan fingerprint density at radius 3 is 1.85 bits per heavy atom. The molecule has 0 aliphatic carbocycles. The van der Waals surface area contributed by atoms with Gasteiger partial charge in [0.15, 0.2) is 0 Å². The number of carbonyl (C=O) groups excluding carboxylic acids is 3. The van der Waals surface area contributed by atoms with Gasteiger partial charge in [-0.1, -0.05) is 11.6 Å². The van der Waals surface area contributed by atoms with Crippen LogP contribution in [0.25, 0.3) is 0 Å². The summed E-state index contributed by atoms with van der Waals surface area (Å²) in [6.07, 6.45) is 0. The molecular weight excluding hydrogens is 364 g/mol. The standard InChI is InChI=1S/C16H13ClN4O5/c1-9(22)18-10-2-4-11(5-3-10)19-15(23)16(24)20-12-6-7-13(17)14(8-12)21(25)26/h2-8H,1H3,(H,18,22)(H,19,23)(H,20,24). The number of nitro benzene ring substituents is 1. The second-order valence-corrected chi connectivity index (χ2v) is 5.50. The maximum absolute atomic E-state index is 11.9. The highest BCUT2D eigenvalue weighted by Crippen LogP contribution is 2.27. The molecule has 0 radical (unpaired) electrons. The van der Waals surface area contributed by atoms with Gasteiger partial charge in [-0.25, -0.2) is 0 Å². The van der Waals surface area contributed by atoms with Crippen molar-refractivity contribution in [3.05, 3.63) is 57.6 Å². The number of nitrogens with zero attached hydrogens (tertiary/aromatic N) is 1. The molecular formula is C16H13ClN4O5. The van der Waals surface area contributed by atoms with Crippen molar-refractivity contribution in [3.8, 4) is 0 Å². The van der Waals surface area contributed by atoms with Crippen molar-refractivity contribution < 1.29 is 19.3 Å². The first-order valence-corrected chi connectivity index (χ1v) is 7.58. The Kier molecular flexibility index (Phi) is 5.86.